The Morgan fingerprint density at radius 1 is 1.36 bits per heavy atom. The molecule has 0 fully saturated rings. The second-order valence-corrected chi connectivity index (χ2v) is 2.64. The van der Waals surface area contributed by atoms with E-state index in [0.717, 1.165) is 11.8 Å². The quantitative estimate of drug-likeness (QED) is 0.699. The fourth-order valence-corrected chi connectivity index (χ4v) is 1.10. The normalized spacial score (nSPS) is 10.1. The Balaban J connectivity index is 2.99. The van der Waals surface area contributed by atoms with Crippen LogP contribution in [0, 0.1) is 10.8 Å². The minimum absolute atomic E-state index is 0.339. The average Bonchev–Trinajstić information content (AvgIpc) is 2.25. The first-order chi connectivity index (χ1) is 6.79. The maximum Gasteiger partial charge on any atom is 0.128 e. The molecule has 0 saturated carbocycles. The molecule has 0 aliphatic carbocycles. The first kappa shape index (κ1) is 10.2. The summed E-state index contributed by atoms with van der Waals surface area (Å²) in [6.45, 7) is 0. The first-order valence-corrected chi connectivity index (χ1v) is 4.18. The molecule has 0 heterocycles. The van der Waals surface area contributed by atoms with Crippen molar-refractivity contribution in [2.45, 2.75) is 0 Å². The molecule has 3 heteroatoms. The Morgan fingerprint density at radius 3 is 2.71 bits per heavy atom. The molecule has 3 nitrogen and oxygen atoms in total. The maximum atomic E-state index is 7.71. The molecule has 2 N–H and O–H groups in total. The summed E-state index contributed by atoms with van der Waals surface area (Å²) in [5.41, 5.74) is 1.07. The highest BCUT2D eigenvalue weighted by Gasteiger charge is 2.03. The summed E-state index contributed by atoms with van der Waals surface area (Å²) >= 11 is 0. The molecular formula is C11H12N2O. The minimum atomic E-state index is 0.339. The van der Waals surface area contributed by atoms with E-state index < -0.39 is 0 Å². The fourth-order valence-electron chi connectivity index (χ4n) is 1.10. The van der Waals surface area contributed by atoms with Crippen molar-refractivity contribution in [3.8, 4) is 5.75 Å². The molecule has 0 amide bonds. The van der Waals surface area contributed by atoms with Crippen LogP contribution in [0.3, 0.4) is 0 Å². The number of allylic oxidation sites excluding steroid dienone is 2. The lowest BCUT2D eigenvalue weighted by molar-refractivity contribution is 0.414. The van der Waals surface area contributed by atoms with Crippen molar-refractivity contribution in [1.82, 2.24) is 0 Å². The Hall–Kier alpha value is -1.90. The van der Waals surface area contributed by atoms with Crippen LogP contribution in [0.1, 0.15) is 5.56 Å². The highest BCUT2D eigenvalue weighted by molar-refractivity contribution is 6.09. The van der Waals surface area contributed by atoms with Crippen LogP contribution in [0.2, 0.25) is 0 Å². The van der Waals surface area contributed by atoms with E-state index in [1.54, 1.807) is 13.2 Å². The topological polar surface area (TPSA) is 56.9 Å². The molecule has 1 rings (SSSR count). The van der Waals surface area contributed by atoms with E-state index in [9.17, 15) is 0 Å². The third kappa shape index (κ3) is 2.29. The van der Waals surface area contributed by atoms with Crippen molar-refractivity contribution in [3.05, 3.63) is 42.0 Å². The van der Waals surface area contributed by atoms with Crippen molar-refractivity contribution < 1.29 is 4.74 Å². The standard InChI is InChI=1S/C11H12N2O/c1-14-11-7-3-2-5-9(11)10(13)6-4-8-12/h2-8,12-13H,1H3. The average molecular weight is 188 g/mol. The van der Waals surface area contributed by atoms with Gasteiger partial charge in [-0.2, -0.15) is 0 Å². The SMILES string of the molecule is COc1ccccc1C(=N)C=CC=N. The number of nitrogens with one attached hydrogen (secondary N) is 2. The van der Waals surface area contributed by atoms with Gasteiger partial charge >= 0.3 is 0 Å². The monoisotopic (exact) mass is 188 g/mol. The Kier molecular flexibility index (Phi) is 3.61. The van der Waals surface area contributed by atoms with Crippen molar-refractivity contribution in [2.24, 2.45) is 0 Å². The molecule has 72 valence electrons. The molecule has 0 unspecified atom stereocenters. The predicted molar refractivity (Wildman–Crippen MR) is 57.7 cm³/mol. The second-order valence-electron chi connectivity index (χ2n) is 2.64. The summed E-state index contributed by atoms with van der Waals surface area (Å²) in [6, 6.07) is 7.33. The number of hydrogen-bond acceptors (Lipinski definition) is 3. The molecule has 0 spiro atoms. The Morgan fingerprint density at radius 2 is 2.07 bits per heavy atom. The summed E-state index contributed by atoms with van der Waals surface area (Å²) in [6.07, 6.45) is 4.21. The van der Waals surface area contributed by atoms with Gasteiger partial charge in [0.1, 0.15) is 5.75 Å². The molecule has 0 bridgehead atoms. The van der Waals surface area contributed by atoms with E-state index in [-0.39, 0.29) is 0 Å². The van der Waals surface area contributed by atoms with Crippen LogP contribution in [-0.4, -0.2) is 19.0 Å². The zero-order chi connectivity index (χ0) is 10.4. The molecule has 0 aliphatic rings. The summed E-state index contributed by atoms with van der Waals surface area (Å²) in [4.78, 5) is 0. The van der Waals surface area contributed by atoms with Gasteiger partial charge in [0.25, 0.3) is 0 Å². The molecule has 14 heavy (non-hydrogen) atoms. The van der Waals surface area contributed by atoms with Gasteiger partial charge in [0.15, 0.2) is 0 Å². The summed E-state index contributed by atoms with van der Waals surface area (Å²) < 4.78 is 5.11. The third-order valence-corrected chi connectivity index (χ3v) is 1.76. The van der Waals surface area contributed by atoms with Crippen molar-refractivity contribution in [2.75, 3.05) is 7.11 Å². The molecular weight excluding hydrogens is 176 g/mol. The second kappa shape index (κ2) is 4.97. The minimum Gasteiger partial charge on any atom is -0.496 e. The van der Waals surface area contributed by atoms with Crippen LogP contribution < -0.4 is 4.74 Å². The van der Waals surface area contributed by atoms with Crippen molar-refractivity contribution >= 4 is 11.9 Å². The molecule has 0 aromatic heterocycles. The lowest BCUT2D eigenvalue weighted by Crippen LogP contribution is -1.98. The molecule has 0 atom stereocenters. The van der Waals surface area contributed by atoms with Gasteiger partial charge in [-0.3, -0.25) is 0 Å². The maximum absolute atomic E-state index is 7.71. The largest absolute Gasteiger partial charge is 0.496 e. The van der Waals surface area contributed by atoms with E-state index in [1.165, 1.54) is 6.08 Å². The smallest absolute Gasteiger partial charge is 0.128 e. The van der Waals surface area contributed by atoms with Gasteiger partial charge in [-0.05, 0) is 24.3 Å². The van der Waals surface area contributed by atoms with Gasteiger partial charge in [-0.25, -0.2) is 0 Å². The molecule has 0 radical (unpaired) electrons. The predicted octanol–water partition coefficient (Wildman–Crippen LogP) is 2.27. The van der Waals surface area contributed by atoms with Gasteiger partial charge in [-0.15, -0.1) is 0 Å². The van der Waals surface area contributed by atoms with Gasteiger partial charge < -0.3 is 15.6 Å². The van der Waals surface area contributed by atoms with Gasteiger partial charge in [0, 0.05) is 11.8 Å². The lowest BCUT2D eigenvalue weighted by Gasteiger charge is -2.05. The zero-order valence-corrected chi connectivity index (χ0v) is 7.95. The van der Waals surface area contributed by atoms with Crippen molar-refractivity contribution in [3.63, 3.8) is 0 Å². The third-order valence-electron chi connectivity index (χ3n) is 1.76. The fraction of sp³-hybridized carbons (Fsp3) is 0.0909. The molecule has 0 aliphatic heterocycles. The number of hydrogen-bond donors (Lipinski definition) is 2. The highest BCUT2D eigenvalue weighted by atomic mass is 16.5. The van der Waals surface area contributed by atoms with E-state index in [2.05, 4.69) is 0 Å². The van der Waals surface area contributed by atoms with Crippen LogP contribution >= 0.6 is 0 Å². The van der Waals surface area contributed by atoms with E-state index in [0.29, 0.717) is 11.5 Å². The zero-order valence-electron chi connectivity index (χ0n) is 7.95. The number of rotatable bonds is 4. The first-order valence-electron chi connectivity index (χ1n) is 4.18. The Labute approximate surface area is 83.1 Å². The summed E-state index contributed by atoms with van der Waals surface area (Å²) in [7, 11) is 1.58. The Bertz CT molecular complexity index is 369. The van der Waals surface area contributed by atoms with Crippen LogP contribution in [0.5, 0.6) is 5.75 Å². The van der Waals surface area contributed by atoms with Crippen LogP contribution in [0.15, 0.2) is 36.4 Å². The van der Waals surface area contributed by atoms with Gasteiger partial charge in [0.05, 0.1) is 12.8 Å². The summed E-state index contributed by atoms with van der Waals surface area (Å²) in [5.74, 6) is 0.673. The number of benzene rings is 1. The summed E-state index contributed by atoms with van der Waals surface area (Å²) in [5, 5.41) is 14.5. The van der Waals surface area contributed by atoms with Crippen LogP contribution in [0.4, 0.5) is 0 Å². The highest BCUT2D eigenvalue weighted by Crippen LogP contribution is 2.17. The van der Waals surface area contributed by atoms with Crippen molar-refractivity contribution in [1.29, 1.82) is 10.8 Å². The van der Waals surface area contributed by atoms with Crippen LogP contribution in [-0.2, 0) is 0 Å². The van der Waals surface area contributed by atoms with Crippen LogP contribution in [0.25, 0.3) is 0 Å². The van der Waals surface area contributed by atoms with Gasteiger partial charge in [-0.1, -0.05) is 12.1 Å². The number of ether oxygens (including phenoxy) is 1. The van der Waals surface area contributed by atoms with E-state index >= 15 is 0 Å². The number of methoxy groups -OCH3 is 1. The number of para-hydroxylation sites is 1. The molecule has 1 aromatic rings. The lowest BCUT2D eigenvalue weighted by atomic mass is 10.1. The van der Waals surface area contributed by atoms with Gasteiger partial charge in [0.2, 0.25) is 0 Å². The molecule has 1 aromatic carbocycles. The van der Waals surface area contributed by atoms with E-state index in [1.807, 2.05) is 24.3 Å². The molecule has 0 saturated heterocycles. The van der Waals surface area contributed by atoms with E-state index in [4.69, 9.17) is 15.6 Å².